The van der Waals surface area contributed by atoms with E-state index in [9.17, 15) is 4.79 Å². The molecule has 0 radical (unpaired) electrons. The van der Waals surface area contributed by atoms with Gasteiger partial charge in [0.25, 0.3) is 5.91 Å². The van der Waals surface area contributed by atoms with Gasteiger partial charge in [0, 0.05) is 25.7 Å². The highest BCUT2D eigenvalue weighted by molar-refractivity contribution is 5.81. The van der Waals surface area contributed by atoms with Crippen molar-refractivity contribution < 1.29 is 9.53 Å². The Morgan fingerprint density at radius 1 is 1.24 bits per heavy atom. The van der Waals surface area contributed by atoms with Gasteiger partial charge in [-0.15, -0.1) is 0 Å². The van der Waals surface area contributed by atoms with Crippen molar-refractivity contribution in [1.29, 1.82) is 0 Å². The summed E-state index contributed by atoms with van der Waals surface area (Å²) in [4.78, 5) is 16.6. The van der Waals surface area contributed by atoms with Crippen molar-refractivity contribution in [2.75, 3.05) is 33.3 Å². The van der Waals surface area contributed by atoms with Crippen molar-refractivity contribution in [3.8, 4) is 0 Å². The van der Waals surface area contributed by atoms with Crippen LogP contribution in [0.25, 0.3) is 0 Å². The lowest BCUT2D eigenvalue weighted by Crippen LogP contribution is -2.52. The van der Waals surface area contributed by atoms with Gasteiger partial charge in [0.2, 0.25) is 0 Å². The van der Waals surface area contributed by atoms with E-state index < -0.39 is 0 Å². The second-order valence-electron chi connectivity index (χ2n) is 5.35. The Labute approximate surface area is 104 Å². The molecule has 0 aromatic carbocycles. The van der Waals surface area contributed by atoms with E-state index in [0.717, 1.165) is 32.5 Å². The van der Waals surface area contributed by atoms with E-state index in [4.69, 9.17) is 4.74 Å². The first-order valence-electron chi connectivity index (χ1n) is 6.79. The molecule has 2 rings (SSSR count). The minimum atomic E-state index is -0.241. The van der Waals surface area contributed by atoms with E-state index in [-0.39, 0.29) is 12.0 Å². The number of hydrogen-bond donors (Lipinski definition) is 0. The largest absolute Gasteiger partial charge is 0.366 e. The van der Waals surface area contributed by atoms with E-state index in [2.05, 4.69) is 18.9 Å². The Balaban J connectivity index is 1.97. The zero-order chi connectivity index (χ0) is 12.3. The Morgan fingerprint density at radius 3 is 2.82 bits per heavy atom. The molecule has 2 fully saturated rings. The highest BCUT2D eigenvalue weighted by Gasteiger charge is 2.31. The number of likely N-dealkylation sites (N-methyl/N-ethyl adjacent to an activating group) is 1. The van der Waals surface area contributed by atoms with Crippen LogP contribution in [-0.2, 0) is 9.53 Å². The summed E-state index contributed by atoms with van der Waals surface area (Å²) in [6.45, 7) is 5.41. The molecule has 2 heterocycles. The fourth-order valence-corrected chi connectivity index (χ4v) is 2.71. The van der Waals surface area contributed by atoms with Gasteiger partial charge in [-0.3, -0.25) is 4.79 Å². The van der Waals surface area contributed by atoms with Crippen molar-refractivity contribution in [1.82, 2.24) is 9.80 Å². The van der Waals surface area contributed by atoms with Crippen LogP contribution >= 0.6 is 0 Å². The van der Waals surface area contributed by atoms with Crippen LogP contribution in [-0.4, -0.2) is 61.1 Å². The monoisotopic (exact) mass is 240 g/mol. The van der Waals surface area contributed by atoms with E-state index in [0.29, 0.717) is 12.6 Å². The zero-order valence-corrected chi connectivity index (χ0v) is 11.0. The molecule has 17 heavy (non-hydrogen) atoms. The summed E-state index contributed by atoms with van der Waals surface area (Å²) < 4.78 is 5.62. The number of likely N-dealkylation sites (tertiary alicyclic amines) is 1. The summed E-state index contributed by atoms with van der Waals surface area (Å²) in [5.41, 5.74) is 0. The number of ether oxygens (including phenoxy) is 1. The average molecular weight is 240 g/mol. The van der Waals surface area contributed by atoms with Gasteiger partial charge in [0.15, 0.2) is 0 Å². The lowest BCUT2D eigenvalue weighted by atomic mass is 10.1. The zero-order valence-electron chi connectivity index (χ0n) is 11.0. The van der Waals surface area contributed by atoms with Gasteiger partial charge in [-0.1, -0.05) is 12.8 Å². The first-order chi connectivity index (χ1) is 8.18. The number of morpholine rings is 1. The summed E-state index contributed by atoms with van der Waals surface area (Å²) in [5.74, 6) is 0.200. The molecule has 98 valence electrons. The highest BCUT2D eigenvalue weighted by atomic mass is 16.5. The molecular formula is C13H24N2O2. The molecule has 4 heteroatoms. The number of rotatable bonds is 1. The van der Waals surface area contributed by atoms with E-state index in [1.165, 1.54) is 12.8 Å². The maximum absolute atomic E-state index is 12.4. The van der Waals surface area contributed by atoms with Gasteiger partial charge >= 0.3 is 0 Å². The number of carbonyl (C=O) groups is 1. The summed E-state index contributed by atoms with van der Waals surface area (Å²) in [5, 5.41) is 0. The first kappa shape index (κ1) is 12.8. The van der Waals surface area contributed by atoms with E-state index in [1.807, 2.05) is 4.90 Å². The molecule has 0 bridgehead atoms. The fourth-order valence-electron chi connectivity index (χ4n) is 2.71. The van der Waals surface area contributed by atoms with Gasteiger partial charge in [-0.25, -0.2) is 0 Å². The van der Waals surface area contributed by atoms with Crippen LogP contribution in [0, 0.1) is 0 Å². The summed E-state index contributed by atoms with van der Waals surface area (Å²) in [7, 11) is 2.05. The minimum absolute atomic E-state index is 0.200. The SMILES string of the molecule is CC1CCCCCN1C(=O)C1CN(C)CCO1. The number of hydrogen-bond acceptors (Lipinski definition) is 3. The molecule has 0 saturated carbocycles. The molecule has 0 spiro atoms. The second kappa shape index (κ2) is 5.83. The molecule has 0 aromatic heterocycles. The third-order valence-corrected chi connectivity index (χ3v) is 3.88. The molecule has 4 nitrogen and oxygen atoms in total. The summed E-state index contributed by atoms with van der Waals surface area (Å²) >= 11 is 0. The van der Waals surface area contributed by atoms with Gasteiger partial charge in [0.1, 0.15) is 6.10 Å². The van der Waals surface area contributed by atoms with Crippen LogP contribution in [0.2, 0.25) is 0 Å². The first-order valence-corrected chi connectivity index (χ1v) is 6.79. The second-order valence-corrected chi connectivity index (χ2v) is 5.35. The van der Waals surface area contributed by atoms with Crippen molar-refractivity contribution in [3.05, 3.63) is 0 Å². The van der Waals surface area contributed by atoms with Crippen LogP contribution in [0.1, 0.15) is 32.6 Å². The maximum Gasteiger partial charge on any atom is 0.253 e. The summed E-state index contributed by atoms with van der Waals surface area (Å²) in [6.07, 6.45) is 4.53. The topological polar surface area (TPSA) is 32.8 Å². The predicted octanol–water partition coefficient (Wildman–Crippen LogP) is 1.11. The fraction of sp³-hybridized carbons (Fsp3) is 0.923. The van der Waals surface area contributed by atoms with Gasteiger partial charge in [-0.2, -0.15) is 0 Å². The van der Waals surface area contributed by atoms with E-state index >= 15 is 0 Å². The number of carbonyl (C=O) groups excluding carboxylic acids is 1. The summed E-state index contributed by atoms with van der Waals surface area (Å²) in [6, 6.07) is 0.376. The van der Waals surface area contributed by atoms with Gasteiger partial charge < -0.3 is 14.5 Å². The molecule has 0 aliphatic carbocycles. The molecule has 2 atom stereocenters. The van der Waals surface area contributed by atoms with Crippen molar-refractivity contribution in [2.24, 2.45) is 0 Å². The lowest BCUT2D eigenvalue weighted by molar-refractivity contribution is -0.150. The van der Waals surface area contributed by atoms with Crippen LogP contribution < -0.4 is 0 Å². The Hall–Kier alpha value is -0.610. The Morgan fingerprint density at radius 2 is 2.06 bits per heavy atom. The van der Waals surface area contributed by atoms with Crippen LogP contribution in [0.3, 0.4) is 0 Å². The standard InChI is InChI=1S/C13H24N2O2/c1-11-6-4-3-5-7-15(11)13(16)12-10-14(2)8-9-17-12/h11-12H,3-10H2,1-2H3. The van der Waals surface area contributed by atoms with Gasteiger partial charge in [0.05, 0.1) is 6.61 Å². The van der Waals surface area contributed by atoms with Crippen molar-refractivity contribution >= 4 is 5.91 Å². The van der Waals surface area contributed by atoms with Crippen LogP contribution in [0.4, 0.5) is 0 Å². The molecule has 2 saturated heterocycles. The average Bonchev–Trinajstić information content (AvgIpc) is 2.53. The Bertz CT molecular complexity index is 270. The number of amides is 1. The molecular weight excluding hydrogens is 216 g/mol. The third-order valence-electron chi connectivity index (χ3n) is 3.88. The predicted molar refractivity (Wildman–Crippen MR) is 66.9 cm³/mol. The number of nitrogens with zero attached hydrogens (tertiary/aromatic N) is 2. The quantitative estimate of drug-likeness (QED) is 0.688. The molecule has 2 aliphatic rings. The molecule has 1 amide bonds. The normalized spacial score (nSPS) is 32.2. The molecule has 0 N–H and O–H groups in total. The third kappa shape index (κ3) is 3.19. The van der Waals surface area contributed by atoms with Crippen LogP contribution in [0.5, 0.6) is 0 Å². The molecule has 2 unspecified atom stereocenters. The van der Waals surface area contributed by atoms with E-state index in [1.54, 1.807) is 0 Å². The minimum Gasteiger partial charge on any atom is -0.366 e. The highest BCUT2D eigenvalue weighted by Crippen LogP contribution is 2.18. The van der Waals surface area contributed by atoms with Crippen molar-refractivity contribution in [2.45, 2.75) is 44.8 Å². The molecule has 2 aliphatic heterocycles. The molecule has 0 aromatic rings. The van der Waals surface area contributed by atoms with Gasteiger partial charge in [-0.05, 0) is 26.8 Å². The van der Waals surface area contributed by atoms with Crippen molar-refractivity contribution in [3.63, 3.8) is 0 Å². The van der Waals surface area contributed by atoms with Crippen LogP contribution in [0.15, 0.2) is 0 Å². The lowest BCUT2D eigenvalue weighted by Gasteiger charge is -2.35. The smallest absolute Gasteiger partial charge is 0.253 e. The maximum atomic E-state index is 12.4. The Kier molecular flexibility index (Phi) is 4.40.